The number of nitrogens with zero attached hydrogens (tertiary/aromatic N) is 7. The second-order valence-corrected chi connectivity index (χ2v) is 12.9. The molecule has 3 aromatic rings. The second-order valence-electron chi connectivity index (χ2n) is 12.9. The van der Waals surface area contributed by atoms with Gasteiger partial charge in [-0.3, -0.25) is 14.4 Å². The Labute approximate surface area is 384 Å². The predicted octanol–water partition coefficient (Wildman–Crippen LogP) is -2.39. The molecule has 62 heavy (non-hydrogen) atoms. The zero-order valence-corrected chi connectivity index (χ0v) is 36.0. The number of hydrogen-bond acceptors (Lipinski definition) is 16. The molecule has 0 aliphatic rings. The maximum absolute atomic E-state index is 13.6. The Morgan fingerprint density at radius 2 is 0.774 bits per heavy atom. The van der Waals surface area contributed by atoms with Crippen molar-refractivity contribution in [1.82, 2.24) is 18.6 Å². The van der Waals surface area contributed by atoms with E-state index in [0.29, 0.717) is 14.7 Å². The van der Waals surface area contributed by atoms with Crippen LogP contribution in [0.3, 0.4) is 0 Å². The van der Waals surface area contributed by atoms with Crippen molar-refractivity contribution in [3.05, 3.63) is 67.5 Å². The maximum Gasteiger partial charge on any atom is 3.00 e. The van der Waals surface area contributed by atoms with Gasteiger partial charge in [-0.25, -0.2) is 34.0 Å². The molecule has 1 radical (unpaired) electrons. The number of rotatable bonds is 24. The van der Waals surface area contributed by atoms with Crippen LogP contribution in [0, 0.1) is 39.9 Å². The molecule has 25 nitrogen and oxygen atoms in total. The van der Waals surface area contributed by atoms with Gasteiger partial charge >= 0.3 is 58.2 Å². The van der Waals surface area contributed by atoms with Crippen LogP contribution >= 0.6 is 0 Å². The van der Waals surface area contributed by atoms with E-state index in [1.165, 1.54) is 0 Å². The van der Waals surface area contributed by atoms with E-state index in [9.17, 15) is 59.4 Å². The van der Waals surface area contributed by atoms with E-state index < -0.39 is 87.8 Å². The van der Waals surface area contributed by atoms with Gasteiger partial charge in [-0.15, -0.1) is 0 Å². The number of anilines is 3. The Kier molecular flexibility index (Phi) is 21.7. The smallest absolute Gasteiger partial charge is 0.867 e. The standard InChI is InChI=1S/C36H51N7O18.Gd/c1-22(41(34(53)54)31-28(50)25(47)4-7-37(31)10-16-59-19-13-44)40(23(2)42(35(55)56)32-29(51)26(48)5-8-38(32)11-17-60-20-14-45)24(3)43(36(57)58)33-30(52)27(49)6-9-39(33)12-18-61-21-15-46;/h4-9,22-24,44-46,50-52H,10-21H2,1-3H3,(H,53,54)(H,55,56)(H,57,58);/q;+3/p-3. The topological polar surface area (TPSA) is 348 Å². The Morgan fingerprint density at radius 3 is 0.984 bits per heavy atom. The van der Waals surface area contributed by atoms with Gasteiger partial charge in [0.2, 0.25) is 0 Å². The van der Waals surface area contributed by atoms with Gasteiger partial charge in [0.15, 0.2) is 16.3 Å². The van der Waals surface area contributed by atoms with Crippen molar-refractivity contribution >= 4 is 35.7 Å². The molecule has 343 valence electrons. The zero-order valence-electron chi connectivity index (χ0n) is 33.7. The average molecular weight is 1020 g/mol. The summed E-state index contributed by atoms with van der Waals surface area (Å²) < 4.78 is 18.8. The molecule has 3 amide bonds. The molecule has 3 rings (SSSR count). The minimum Gasteiger partial charge on any atom is -0.867 e. The van der Waals surface area contributed by atoms with Crippen molar-refractivity contribution in [2.75, 3.05) is 74.2 Å². The molecule has 3 atom stereocenters. The molecule has 0 bridgehead atoms. The summed E-state index contributed by atoms with van der Waals surface area (Å²) in [5.74, 6) is -6.65. The maximum atomic E-state index is 13.6. The van der Waals surface area contributed by atoms with Crippen LogP contribution in [0.5, 0.6) is 17.2 Å². The third-order valence-corrected chi connectivity index (χ3v) is 9.17. The Hall–Kier alpha value is -4.90. The van der Waals surface area contributed by atoms with Crippen LogP contribution in [0.1, 0.15) is 20.8 Å². The third kappa shape index (κ3) is 12.8. The molecule has 0 aliphatic heterocycles. The van der Waals surface area contributed by atoms with Gasteiger partial charge in [0.05, 0.1) is 78.0 Å². The van der Waals surface area contributed by atoms with Crippen molar-refractivity contribution in [3.8, 4) is 17.2 Å². The number of aliphatic hydroxyl groups excluding tert-OH is 3. The minimum atomic E-state index is -1.95. The quantitative estimate of drug-likeness (QED) is 0.0403. The number of hydrogen-bond donors (Lipinski definition) is 6. The molecule has 0 aliphatic carbocycles. The molecule has 0 spiro atoms. The molecule has 3 unspecified atom stereocenters. The summed E-state index contributed by atoms with van der Waals surface area (Å²) in [7, 11) is 0. The molecule has 6 N–H and O–H groups in total. The fourth-order valence-corrected chi connectivity index (χ4v) is 6.53. The average Bonchev–Trinajstić information content (AvgIpc) is 3.20. The summed E-state index contributed by atoms with van der Waals surface area (Å²) in [4.78, 5) is 80.3. The first-order valence-corrected chi connectivity index (χ1v) is 18.6. The summed E-state index contributed by atoms with van der Waals surface area (Å²) in [5.41, 5.74) is -3.56. The van der Waals surface area contributed by atoms with E-state index in [2.05, 4.69) is 0 Å². The van der Waals surface area contributed by atoms with Crippen LogP contribution in [0.4, 0.5) is 31.8 Å². The summed E-state index contributed by atoms with van der Waals surface area (Å²) in [6.45, 7) is 0.0109. The van der Waals surface area contributed by atoms with Crippen molar-refractivity contribution in [2.45, 2.75) is 58.9 Å². The van der Waals surface area contributed by atoms with Gasteiger partial charge in [0, 0.05) is 56.4 Å². The van der Waals surface area contributed by atoms with E-state index in [1.807, 2.05) is 0 Å². The van der Waals surface area contributed by atoms with Gasteiger partial charge in [-0.05, 0) is 38.0 Å². The number of carbonyl (C=O) groups is 3. The van der Waals surface area contributed by atoms with E-state index in [4.69, 9.17) is 29.5 Å². The second kappa shape index (κ2) is 25.3. The number of aromatic nitrogens is 3. The van der Waals surface area contributed by atoms with Gasteiger partial charge in [-0.1, -0.05) is 0 Å². The van der Waals surface area contributed by atoms with Crippen molar-refractivity contribution in [1.29, 1.82) is 0 Å². The fraction of sp³-hybridized carbons (Fsp3) is 0.500. The normalized spacial score (nSPS) is 12.6. The van der Waals surface area contributed by atoms with Crippen molar-refractivity contribution < 1.29 is 114 Å². The molecular weight excluding hydrogens is 976 g/mol. The first-order chi connectivity index (χ1) is 29.0. The first-order valence-electron chi connectivity index (χ1n) is 18.6. The zero-order chi connectivity index (χ0) is 45.6. The van der Waals surface area contributed by atoms with Gasteiger partial charge < -0.3 is 73.9 Å². The summed E-state index contributed by atoms with van der Waals surface area (Å²) in [6.07, 6.45) is -8.52. The predicted molar refractivity (Wildman–Crippen MR) is 206 cm³/mol. The van der Waals surface area contributed by atoms with Crippen LogP contribution in [0.15, 0.2) is 51.2 Å². The van der Waals surface area contributed by atoms with E-state index in [-0.39, 0.29) is 119 Å². The molecule has 0 fully saturated rings. The molecule has 0 aromatic carbocycles. The van der Waals surface area contributed by atoms with E-state index >= 15 is 0 Å². The monoisotopic (exact) mass is 1020 g/mol. The Balaban J connectivity index is 0.0000132. The number of amides is 3. The molecule has 3 heterocycles. The van der Waals surface area contributed by atoms with Gasteiger partial charge in [0.25, 0.3) is 0 Å². The molecule has 0 saturated carbocycles. The fourth-order valence-electron chi connectivity index (χ4n) is 6.53. The number of ether oxygens (including phenoxy) is 3. The summed E-state index contributed by atoms with van der Waals surface area (Å²) in [5, 5.41) is 101. The Bertz CT molecular complexity index is 1910. The SMILES string of the molecule is CC(N(C(=O)O)c1c([O-])c(=O)ccn1CCOCCO)N(C(C)N(C(=O)O)c1c([O-])c(=O)ccn1CCOCCO)C(C)N(C(=O)O)c1c([O-])c(=O)ccn1CCOCCO.[Gd+3]. The van der Waals surface area contributed by atoms with Gasteiger partial charge in [0.1, 0.15) is 17.5 Å². The van der Waals surface area contributed by atoms with Crippen LogP contribution in [-0.4, -0.2) is 145 Å². The van der Waals surface area contributed by atoms with Crippen molar-refractivity contribution in [3.63, 3.8) is 0 Å². The van der Waals surface area contributed by atoms with Gasteiger partial charge in [-0.2, -0.15) is 0 Å². The minimum absolute atomic E-state index is 0. The summed E-state index contributed by atoms with van der Waals surface area (Å²) in [6, 6.07) is 2.52. The number of carboxylic acid groups (broad SMARTS) is 3. The van der Waals surface area contributed by atoms with Crippen LogP contribution in [-0.2, 0) is 33.8 Å². The van der Waals surface area contributed by atoms with Crippen molar-refractivity contribution in [2.24, 2.45) is 0 Å². The largest absolute Gasteiger partial charge is 3.00 e. The Morgan fingerprint density at radius 1 is 0.532 bits per heavy atom. The number of pyridine rings is 3. The van der Waals surface area contributed by atoms with Crippen LogP contribution in [0.2, 0.25) is 0 Å². The van der Waals surface area contributed by atoms with E-state index in [1.54, 1.807) is 0 Å². The molecule has 3 aromatic heterocycles. The number of aliphatic hydroxyl groups is 3. The van der Waals surface area contributed by atoms with Crippen LogP contribution < -0.4 is 46.3 Å². The molecule has 0 saturated heterocycles. The van der Waals surface area contributed by atoms with E-state index in [0.717, 1.165) is 76.2 Å². The first kappa shape index (κ1) is 53.2. The van der Waals surface area contributed by atoms with Crippen LogP contribution in [0.25, 0.3) is 0 Å². The third-order valence-electron chi connectivity index (χ3n) is 9.17. The molecular formula is C36H48GdN7O18. The molecule has 26 heteroatoms. The summed E-state index contributed by atoms with van der Waals surface area (Å²) >= 11 is 0.